The summed E-state index contributed by atoms with van der Waals surface area (Å²) in [7, 11) is 0. The number of thiophene rings is 1. The van der Waals surface area contributed by atoms with Gasteiger partial charge in [0.2, 0.25) is 0 Å². The normalized spacial score (nSPS) is 17.9. The van der Waals surface area contributed by atoms with E-state index < -0.39 is 0 Å². The Morgan fingerprint density at radius 3 is 1.60 bits per heavy atom. The molecule has 3 aliphatic rings. The van der Waals surface area contributed by atoms with Crippen LogP contribution in [-0.4, -0.2) is 0 Å². The van der Waals surface area contributed by atoms with Crippen LogP contribution in [0.15, 0.2) is 242 Å². The van der Waals surface area contributed by atoms with Crippen LogP contribution in [0.1, 0.15) is 28.2 Å². The van der Waals surface area contributed by atoms with Gasteiger partial charge in [0.05, 0.1) is 5.41 Å². The molecule has 10 aromatic rings. The maximum absolute atomic E-state index is 2.53. The maximum Gasteiger partial charge on any atom is 0.0539 e. The van der Waals surface area contributed by atoms with Gasteiger partial charge in [0.15, 0.2) is 0 Å². The van der Waals surface area contributed by atoms with E-state index in [1.807, 2.05) is 11.3 Å². The zero-order valence-corrected chi connectivity index (χ0v) is 35.3. The standard InChI is InChI=1S/C61H41NS/c1-4-16-40(17-5-1)42-30-34-45(35-31-42)62(46-36-32-43(33-37-46)41-18-6-2-7-19-41)56-29-15-28-54-57(56)50-22-10-12-26-52(50)61(54)53-27-13-11-23-51(53)58-55(61)39-38-49-48-25-14-24-47(59(48)63-60(49)58)44-20-8-3-9-21-44/h1-39,54,57H. The van der Waals surface area contributed by atoms with E-state index in [0.717, 1.165) is 11.4 Å². The average Bonchev–Trinajstić information content (AvgIpc) is 4.00. The van der Waals surface area contributed by atoms with Crippen LogP contribution in [0.5, 0.6) is 0 Å². The number of nitrogens with zero attached hydrogens (tertiary/aromatic N) is 1. The fraction of sp³-hybridized carbons (Fsp3) is 0.0492. The fourth-order valence-corrected chi connectivity index (χ4v) is 12.8. The van der Waals surface area contributed by atoms with Gasteiger partial charge in [-0.2, -0.15) is 0 Å². The minimum absolute atomic E-state index is 0.0931. The number of anilines is 2. The first-order chi connectivity index (χ1) is 31.3. The van der Waals surface area contributed by atoms with Gasteiger partial charge in [-0.25, -0.2) is 0 Å². The molecule has 0 bridgehead atoms. The molecular weight excluding hydrogens is 779 g/mol. The van der Waals surface area contributed by atoms with E-state index >= 15 is 0 Å². The van der Waals surface area contributed by atoms with Gasteiger partial charge < -0.3 is 4.90 Å². The van der Waals surface area contributed by atoms with Crippen LogP contribution in [0.2, 0.25) is 0 Å². The molecule has 0 N–H and O–H groups in total. The van der Waals surface area contributed by atoms with Gasteiger partial charge >= 0.3 is 0 Å². The quantitative estimate of drug-likeness (QED) is 0.162. The highest BCUT2D eigenvalue weighted by Gasteiger charge is 2.59. The molecule has 1 spiro atoms. The molecule has 0 saturated heterocycles. The predicted octanol–water partition coefficient (Wildman–Crippen LogP) is 16.4. The second-order valence-corrected chi connectivity index (χ2v) is 18.1. The summed E-state index contributed by atoms with van der Waals surface area (Å²) in [4.78, 5) is 2.53. The number of benzene rings is 9. The van der Waals surface area contributed by atoms with Crippen LogP contribution < -0.4 is 4.90 Å². The number of rotatable bonds is 6. The molecule has 2 heteroatoms. The molecular formula is C61H41NS. The highest BCUT2D eigenvalue weighted by Crippen LogP contribution is 2.68. The SMILES string of the molecule is C1=CC2C(C(N(c3ccc(-c4ccccc4)cc3)c3ccc(-c4ccccc4)cc3)=C1)c1ccccc1C21c2ccccc2-c2c1ccc1c2sc2c(-c3ccccc3)cccc21. The Kier molecular flexibility index (Phi) is 8.19. The van der Waals surface area contributed by atoms with Gasteiger partial charge in [0.1, 0.15) is 0 Å². The smallest absolute Gasteiger partial charge is 0.0539 e. The van der Waals surface area contributed by atoms with E-state index in [1.165, 1.54) is 92.6 Å². The average molecular weight is 820 g/mol. The monoisotopic (exact) mass is 819 g/mol. The van der Waals surface area contributed by atoms with Gasteiger partial charge in [-0.15, -0.1) is 11.3 Å². The molecule has 3 aliphatic carbocycles. The number of allylic oxidation sites excluding steroid dienone is 4. The minimum atomic E-state index is -0.379. The lowest BCUT2D eigenvalue weighted by Crippen LogP contribution is -2.35. The predicted molar refractivity (Wildman–Crippen MR) is 266 cm³/mol. The Balaban J connectivity index is 1.01. The van der Waals surface area contributed by atoms with Crippen molar-refractivity contribution in [3.63, 3.8) is 0 Å². The minimum Gasteiger partial charge on any atom is -0.314 e. The third-order valence-corrected chi connectivity index (χ3v) is 15.3. The first-order valence-electron chi connectivity index (χ1n) is 22.0. The third kappa shape index (κ3) is 5.35. The molecule has 3 unspecified atom stereocenters. The summed E-state index contributed by atoms with van der Waals surface area (Å²) in [6.07, 6.45) is 7.26. The number of hydrogen-bond donors (Lipinski definition) is 0. The van der Waals surface area contributed by atoms with Crippen molar-refractivity contribution in [1.29, 1.82) is 0 Å². The van der Waals surface area contributed by atoms with Gasteiger partial charge in [0.25, 0.3) is 0 Å². The highest BCUT2D eigenvalue weighted by atomic mass is 32.1. The molecule has 1 nitrogen and oxygen atoms in total. The van der Waals surface area contributed by atoms with Crippen molar-refractivity contribution in [1.82, 2.24) is 0 Å². The molecule has 3 atom stereocenters. The first-order valence-corrected chi connectivity index (χ1v) is 22.8. The summed E-state index contributed by atoms with van der Waals surface area (Å²) >= 11 is 1.97. The fourth-order valence-electron chi connectivity index (χ4n) is 11.4. The molecule has 63 heavy (non-hydrogen) atoms. The zero-order valence-electron chi connectivity index (χ0n) is 34.5. The van der Waals surface area contributed by atoms with Gasteiger partial charge in [-0.1, -0.05) is 206 Å². The summed E-state index contributed by atoms with van der Waals surface area (Å²) in [6, 6.07) is 81.0. The largest absolute Gasteiger partial charge is 0.314 e. The lowest BCUT2D eigenvalue weighted by atomic mass is 9.65. The van der Waals surface area contributed by atoms with Crippen LogP contribution in [0.25, 0.3) is 64.7 Å². The summed E-state index contributed by atoms with van der Waals surface area (Å²) < 4.78 is 2.73. The second kappa shape index (κ2) is 14.3. The number of fused-ring (bicyclic) bond motifs is 14. The summed E-state index contributed by atoms with van der Waals surface area (Å²) in [5.41, 5.74) is 19.0. The molecule has 1 heterocycles. The second-order valence-electron chi connectivity index (χ2n) is 17.1. The van der Waals surface area contributed by atoms with Crippen molar-refractivity contribution in [3.8, 4) is 44.5 Å². The zero-order chi connectivity index (χ0) is 41.5. The number of hydrogen-bond acceptors (Lipinski definition) is 2. The maximum atomic E-state index is 2.53. The van der Waals surface area contributed by atoms with E-state index in [4.69, 9.17) is 0 Å². The molecule has 0 saturated carbocycles. The molecule has 0 aliphatic heterocycles. The Bertz CT molecular complexity index is 3350. The molecule has 0 amide bonds. The highest BCUT2D eigenvalue weighted by molar-refractivity contribution is 7.27. The van der Waals surface area contributed by atoms with Crippen LogP contribution in [0.3, 0.4) is 0 Å². The van der Waals surface area contributed by atoms with E-state index in [-0.39, 0.29) is 17.3 Å². The van der Waals surface area contributed by atoms with Crippen LogP contribution in [0.4, 0.5) is 11.4 Å². The van der Waals surface area contributed by atoms with Crippen LogP contribution >= 0.6 is 11.3 Å². The van der Waals surface area contributed by atoms with E-state index in [1.54, 1.807) is 0 Å². The van der Waals surface area contributed by atoms with E-state index in [0.29, 0.717) is 0 Å². The summed E-state index contributed by atoms with van der Waals surface area (Å²) in [5, 5.41) is 2.67. The topological polar surface area (TPSA) is 3.24 Å². The van der Waals surface area contributed by atoms with E-state index in [9.17, 15) is 0 Å². The third-order valence-electron chi connectivity index (χ3n) is 14.0. The summed E-state index contributed by atoms with van der Waals surface area (Å²) in [6.45, 7) is 0. The van der Waals surface area contributed by atoms with Crippen molar-refractivity contribution in [3.05, 3.63) is 265 Å². The molecule has 1 aromatic heterocycles. The Hall–Kier alpha value is -7.52. The Labute approximate surface area is 372 Å². The van der Waals surface area contributed by atoms with Crippen LogP contribution in [0, 0.1) is 5.92 Å². The Morgan fingerprint density at radius 1 is 0.397 bits per heavy atom. The Morgan fingerprint density at radius 2 is 0.937 bits per heavy atom. The van der Waals surface area contributed by atoms with Crippen molar-refractivity contribution in [2.75, 3.05) is 4.90 Å². The van der Waals surface area contributed by atoms with Crippen molar-refractivity contribution >= 4 is 42.9 Å². The van der Waals surface area contributed by atoms with Crippen molar-refractivity contribution in [2.24, 2.45) is 5.92 Å². The van der Waals surface area contributed by atoms with E-state index in [2.05, 4.69) is 242 Å². The van der Waals surface area contributed by atoms with Crippen LogP contribution in [-0.2, 0) is 5.41 Å². The molecule has 296 valence electrons. The first kappa shape index (κ1) is 36.2. The van der Waals surface area contributed by atoms with Crippen molar-refractivity contribution < 1.29 is 0 Å². The van der Waals surface area contributed by atoms with Gasteiger partial charge in [0, 0.05) is 54.6 Å². The van der Waals surface area contributed by atoms with Crippen molar-refractivity contribution in [2.45, 2.75) is 11.3 Å². The van der Waals surface area contributed by atoms with Gasteiger partial charge in [-0.05, 0) is 91.5 Å². The van der Waals surface area contributed by atoms with Gasteiger partial charge in [-0.3, -0.25) is 0 Å². The molecule has 0 radical (unpaired) electrons. The summed E-state index contributed by atoms with van der Waals surface area (Å²) in [5.74, 6) is 0.231. The molecule has 9 aromatic carbocycles. The molecule has 13 rings (SSSR count). The lowest BCUT2D eigenvalue weighted by molar-refractivity contribution is 0.452. The lowest BCUT2D eigenvalue weighted by Gasteiger charge is -2.40. The molecule has 0 fully saturated rings.